The molecule has 0 saturated heterocycles. The fraction of sp³-hybridized carbons (Fsp3) is 0.409. The van der Waals surface area contributed by atoms with Gasteiger partial charge < -0.3 is 10.1 Å². The van der Waals surface area contributed by atoms with Crippen LogP contribution in [-0.4, -0.2) is 26.2 Å². The maximum Gasteiger partial charge on any atom is 0.242 e. The first-order valence-electron chi connectivity index (χ1n) is 9.53. The fourth-order valence-corrected chi connectivity index (χ4v) is 5.97. The Kier molecular flexibility index (Phi) is 5.79. The van der Waals surface area contributed by atoms with E-state index in [4.69, 9.17) is 4.74 Å². The molecule has 2 aromatic rings. The molecule has 0 heterocycles. The van der Waals surface area contributed by atoms with Gasteiger partial charge in [-0.2, -0.15) is 0 Å². The van der Waals surface area contributed by atoms with E-state index >= 15 is 0 Å². The highest BCUT2D eigenvalue weighted by Crippen LogP contribution is 2.41. The summed E-state index contributed by atoms with van der Waals surface area (Å²) in [5.74, 6) is 0.288. The molecule has 28 heavy (non-hydrogen) atoms. The Hall–Kier alpha value is -2.34. The van der Waals surface area contributed by atoms with Crippen LogP contribution in [0.25, 0.3) is 0 Å². The number of hydrogen-bond acceptors (Lipinski definition) is 4. The van der Waals surface area contributed by atoms with Crippen molar-refractivity contribution in [2.75, 3.05) is 7.11 Å². The highest BCUT2D eigenvalue weighted by Gasteiger charge is 2.52. The summed E-state index contributed by atoms with van der Waals surface area (Å²) >= 11 is 0. The number of methoxy groups -OCH3 is 1. The van der Waals surface area contributed by atoms with E-state index in [0.717, 1.165) is 29.5 Å². The molecule has 1 aliphatic rings. The predicted octanol–water partition coefficient (Wildman–Crippen LogP) is 3.71. The van der Waals surface area contributed by atoms with Crippen LogP contribution in [0.2, 0.25) is 0 Å². The summed E-state index contributed by atoms with van der Waals surface area (Å²) in [6.07, 6.45) is 2.17. The zero-order valence-corrected chi connectivity index (χ0v) is 17.4. The molecular weight excluding hydrogens is 374 g/mol. The average Bonchev–Trinajstić information content (AvgIpc) is 3.20. The van der Waals surface area contributed by atoms with E-state index in [1.165, 1.54) is 0 Å². The smallest absolute Gasteiger partial charge is 0.242 e. The van der Waals surface area contributed by atoms with Crippen LogP contribution in [0, 0.1) is 13.8 Å². The second-order valence-electron chi connectivity index (χ2n) is 7.49. The summed E-state index contributed by atoms with van der Waals surface area (Å²) in [7, 11) is -2.21. The molecule has 0 unspecified atom stereocenters. The molecule has 6 heteroatoms. The molecular formula is C22H27NO4S. The molecule has 5 nitrogen and oxygen atoms in total. The first-order valence-corrected chi connectivity index (χ1v) is 11.0. The number of carbonyl (C=O) groups excluding carboxylic acids is 1. The predicted molar refractivity (Wildman–Crippen MR) is 109 cm³/mol. The summed E-state index contributed by atoms with van der Waals surface area (Å²) in [5.41, 5.74) is 2.80. The lowest BCUT2D eigenvalue weighted by Gasteiger charge is -2.28. The number of hydrogen-bond donors (Lipinski definition) is 1. The van der Waals surface area contributed by atoms with Crippen molar-refractivity contribution in [2.45, 2.75) is 55.7 Å². The Morgan fingerprint density at radius 3 is 2.43 bits per heavy atom. The summed E-state index contributed by atoms with van der Waals surface area (Å²) in [4.78, 5) is 13.4. The second kappa shape index (κ2) is 7.95. The molecule has 0 bridgehead atoms. The zero-order chi connectivity index (χ0) is 20.4. The van der Waals surface area contributed by atoms with E-state index in [0.29, 0.717) is 18.6 Å². The van der Waals surface area contributed by atoms with Gasteiger partial charge in [-0.3, -0.25) is 4.79 Å². The number of carbonyl (C=O) groups is 1. The van der Waals surface area contributed by atoms with E-state index < -0.39 is 20.5 Å². The number of aryl methyl sites for hydroxylation is 2. The lowest BCUT2D eigenvalue weighted by molar-refractivity contribution is -0.123. The highest BCUT2D eigenvalue weighted by molar-refractivity contribution is 7.93. The van der Waals surface area contributed by atoms with Crippen LogP contribution in [0.5, 0.6) is 5.75 Å². The summed E-state index contributed by atoms with van der Waals surface area (Å²) in [6.45, 7) is 4.09. The van der Waals surface area contributed by atoms with Gasteiger partial charge in [0.2, 0.25) is 5.91 Å². The van der Waals surface area contributed by atoms with E-state index in [1.54, 1.807) is 25.3 Å². The van der Waals surface area contributed by atoms with Crippen LogP contribution in [0.3, 0.4) is 0 Å². The molecule has 1 amide bonds. The maximum absolute atomic E-state index is 13.5. The monoisotopic (exact) mass is 401 g/mol. The van der Waals surface area contributed by atoms with Gasteiger partial charge >= 0.3 is 0 Å². The molecule has 0 atom stereocenters. The van der Waals surface area contributed by atoms with Crippen molar-refractivity contribution in [1.29, 1.82) is 0 Å². The molecule has 150 valence electrons. The number of ether oxygens (including phenoxy) is 1. The Morgan fingerprint density at radius 1 is 1.07 bits per heavy atom. The minimum atomic E-state index is -3.79. The van der Waals surface area contributed by atoms with E-state index in [9.17, 15) is 13.2 Å². The van der Waals surface area contributed by atoms with Crippen molar-refractivity contribution in [3.63, 3.8) is 0 Å². The van der Waals surface area contributed by atoms with Crippen LogP contribution >= 0.6 is 0 Å². The van der Waals surface area contributed by atoms with Crippen molar-refractivity contribution < 1.29 is 17.9 Å². The van der Waals surface area contributed by atoms with Gasteiger partial charge in [-0.1, -0.05) is 31.0 Å². The van der Waals surface area contributed by atoms with Gasteiger partial charge in [-0.25, -0.2) is 8.42 Å². The molecule has 0 radical (unpaired) electrons. The Labute approximate surface area is 167 Å². The van der Waals surface area contributed by atoms with Gasteiger partial charge in [0.25, 0.3) is 0 Å². The van der Waals surface area contributed by atoms with Gasteiger partial charge in [0.1, 0.15) is 5.75 Å². The van der Waals surface area contributed by atoms with Gasteiger partial charge in [-0.15, -0.1) is 0 Å². The largest absolute Gasteiger partial charge is 0.497 e. The highest BCUT2D eigenvalue weighted by atomic mass is 32.2. The van der Waals surface area contributed by atoms with Crippen molar-refractivity contribution in [1.82, 2.24) is 5.32 Å². The third kappa shape index (κ3) is 3.65. The third-order valence-electron chi connectivity index (χ3n) is 5.72. The summed E-state index contributed by atoms with van der Waals surface area (Å²) < 4.78 is 30.8. The summed E-state index contributed by atoms with van der Waals surface area (Å²) in [6, 6.07) is 12.5. The molecule has 3 rings (SSSR count). The van der Waals surface area contributed by atoms with Crippen molar-refractivity contribution in [2.24, 2.45) is 0 Å². The Bertz CT molecular complexity index is 976. The molecule has 0 aliphatic heterocycles. The molecule has 2 aromatic carbocycles. The van der Waals surface area contributed by atoms with E-state index in [-0.39, 0.29) is 11.4 Å². The van der Waals surface area contributed by atoms with Crippen LogP contribution in [0.15, 0.2) is 47.4 Å². The minimum Gasteiger partial charge on any atom is -0.497 e. The molecule has 1 fully saturated rings. The lowest BCUT2D eigenvalue weighted by atomic mass is 10.1. The SMILES string of the molecule is COc1cccc(CNC(=O)C2(S(=O)(=O)c3ccc(C)c(C)c3)CCCC2)c1. The topological polar surface area (TPSA) is 72.5 Å². The fourth-order valence-electron chi connectivity index (χ4n) is 3.80. The van der Waals surface area contributed by atoms with E-state index in [2.05, 4.69) is 5.32 Å². The average molecular weight is 402 g/mol. The van der Waals surface area contributed by atoms with Crippen LogP contribution in [0.1, 0.15) is 42.4 Å². The Morgan fingerprint density at radius 2 is 1.79 bits per heavy atom. The normalized spacial score (nSPS) is 16.0. The van der Waals surface area contributed by atoms with E-state index in [1.807, 2.05) is 38.1 Å². The van der Waals surface area contributed by atoms with Gasteiger partial charge in [0.05, 0.1) is 12.0 Å². The molecule has 1 aliphatic carbocycles. The van der Waals surface area contributed by atoms with Gasteiger partial charge in [-0.05, 0) is 67.6 Å². The Balaban J connectivity index is 1.88. The lowest BCUT2D eigenvalue weighted by Crippen LogP contribution is -2.50. The molecule has 1 N–H and O–H groups in total. The number of amides is 1. The standard InChI is InChI=1S/C22H27NO4S/c1-16-9-10-20(13-17(16)2)28(25,26)22(11-4-5-12-22)21(24)23-15-18-7-6-8-19(14-18)27-3/h6-10,13-14H,4-5,11-12,15H2,1-3H3,(H,23,24). The molecule has 0 aromatic heterocycles. The first kappa shape index (κ1) is 20.4. The number of rotatable bonds is 6. The zero-order valence-electron chi connectivity index (χ0n) is 16.6. The van der Waals surface area contributed by atoms with Crippen molar-refractivity contribution in [3.8, 4) is 5.75 Å². The quantitative estimate of drug-likeness (QED) is 0.801. The molecule has 1 saturated carbocycles. The van der Waals surface area contributed by atoms with Crippen LogP contribution < -0.4 is 10.1 Å². The number of nitrogens with one attached hydrogen (secondary N) is 1. The number of sulfone groups is 1. The van der Waals surface area contributed by atoms with Crippen LogP contribution in [-0.2, 0) is 21.2 Å². The molecule has 0 spiro atoms. The number of benzene rings is 2. The van der Waals surface area contributed by atoms with Crippen molar-refractivity contribution >= 4 is 15.7 Å². The minimum absolute atomic E-state index is 0.231. The third-order valence-corrected chi connectivity index (χ3v) is 8.21. The summed E-state index contributed by atoms with van der Waals surface area (Å²) in [5, 5.41) is 2.86. The van der Waals surface area contributed by atoms with Gasteiger partial charge in [0, 0.05) is 6.54 Å². The van der Waals surface area contributed by atoms with Gasteiger partial charge in [0.15, 0.2) is 14.6 Å². The second-order valence-corrected chi connectivity index (χ2v) is 9.74. The maximum atomic E-state index is 13.5. The first-order chi connectivity index (χ1) is 13.3. The van der Waals surface area contributed by atoms with Crippen LogP contribution in [0.4, 0.5) is 0 Å². The van der Waals surface area contributed by atoms with Crippen molar-refractivity contribution in [3.05, 3.63) is 59.2 Å².